The highest BCUT2D eigenvalue weighted by Gasteiger charge is 2.37. The third-order valence-corrected chi connectivity index (χ3v) is 4.21. The molecule has 0 fully saturated rings. The number of hydrogen-bond acceptors (Lipinski definition) is 3. The van der Waals surface area contributed by atoms with Crippen LogP contribution in [0.2, 0.25) is 0 Å². The molecule has 0 spiro atoms. The minimum Gasteiger partial charge on any atom is -0.497 e. The van der Waals surface area contributed by atoms with Gasteiger partial charge in [-0.2, -0.15) is 0 Å². The Morgan fingerprint density at radius 3 is 2.00 bits per heavy atom. The fourth-order valence-corrected chi connectivity index (χ4v) is 2.71. The van der Waals surface area contributed by atoms with Crippen molar-refractivity contribution in [2.75, 3.05) is 7.11 Å². The Morgan fingerprint density at radius 2 is 1.42 bits per heavy atom. The first kappa shape index (κ1) is 17.8. The van der Waals surface area contributed by atoms with Crippen molar-refractivity contribution in [3.8, 4) is 17.6 Å². The number of hydrogen-bond donors (Lipinski definition) is 2. The van der Waals surface area contributed by atoms with Crippen molar-refractivity contribution in [2.24, 2.45) is 0 Å². The number of rotatable bonds is 4. The van der Waals surface area contributed by atoms with E-state index < -0.39 is 11.7 Å². The van der Waals surface area contributed by atoms with Gasteiger partial charge in [0, 0.05) is 5.56 Å². The van der Waals surface area contributed by atoms with Gasteiger partial charge in [-0.1, -0.05) is 72.5 Å². The van der Waals surface area contributed by atoms with Crippen LogP contribution in [0.4, 0.5) is 0 Å². The Hall–Kier alpha value is -3.06. The molecule has 3 heteroatoms. The second kappa shape index (κ2) is 7.88. The minimum atomic E-state index is -1.73. The quantitative estimate of drug-likeness (QED) is 0.710. The molecule has 2 atom stereocenters. The molecule has 0 aromatic heterocycles. The summed E-state index contributed by atoms with van der Waals surface area (Å²) < 4.78 is 5.14. The molecule has 0 aliphatic carbocycles. The Bertz CT molecular complexity index is 893. The number of benzene rings is 3. The molecule has 130 valence electrons. The molecule has 3 aromatic carbocycles. The van der Waals surface area contributed by atoms with E-state index in [0.717, 1.165) is 11.3 Å². The van der Waals surface area contributed by atoms with Crippen molar-refractivity contribution in [1.82, 2.24) is 0 Å². The fraction of sp³-hybridized carbons (Fsp3) is 0.130. The van der Waals surface area contributed by atoms with Gasteiger partial charge in [-0.25, -0.2) is 0 Å². The molecular formula is C23H20O3. The molecule has 2 unspecified atom stereocenters. The summed E-state index contributed by atoms with van der Waals surface area (Å²) in [5, 5.41) is 22.2. The van der Waals surface area contributed by atoms with E-state index in [1.807, 2.05) is 48.5 Å². The number of methoxy groups -OCH3 is 1. The van der Waals surface area contributed by atoms with Gasteiger partial charge in [-0.3, -0.25) is 0 Å². The molecule has 0 heterocycles. The lowest BCUT2D eigenvalue weighted by Crippen LogP contribution is -2.32. The summed E-state index contributed by atoms with van der Waals surface area (Å²) in [6, 6.07) is 25.3. The zero-order valence-corrected chi connectivity index (χ0v) is 14.5. The highest BCUT2D eigenvalue weighted by Crippen LogP contribution is 2.34. The van der Waals surface area contributed by atoms with Crippen molar-refractivity contribution in [2.45, 2.75) is 11.7 Å². The van der Waals surface area contributed by atoms with Gasteiger partial charge >= 0.3 is 0 Å². The Labute approximate surface area is 153 Å². The topological polar surface area (TPSA) is 49.7 Å². The van der Waals surface area contributed by atoms with Crippen LogP contribution in [0.1, 0.15) is 22.8 Å². The number of ether oxygens (including phenoxy) is 1. The van der Waals surface area contributed by atoms with Crippen LogP contribution >= 0.6 is 0 Å². The smallest absolute Gasteiger partial charge is 0.181 e. The normalized spacial score (nSPS) is 13.8. The molecule has 3 nitrogen and oxygen atoms in total. The van der Waals surface area contributed by atoms with Gasteiger partial charge in [0.25, 0.3) is 0 Å². The van der Waals surface area contributed by atoms with Crippen LogP contribution in [-0.2, 0) is 5.60 Å². The highest BCUT2D eigenvalue weighted by molar-refractivity contribution is 5.44. The predicted molar refractivity (Wildman–Crippen MR) is 102 cm³/mol. The molecule has 26 heavy (non-hydrogen) atoms. The van der Waals surface area contributed by atoms with E-state index >= 15 is 0 Å². The fourth-order valence-electron chi connectivity index (χ4n) is 2.71. The first-order chi connectivity index (χ1) is 12.6. The van der Waals surface area contributed by atoms with Crippen molar-refractivity contribution in [3.05, 3.63) is 102 Å². The zero-order chi connectivity index (χ0) is 18.4. The van der Waals surface area contributed by atoms with Crippen LogP contribution in [0, 0.1) is 11.8 Å². The Morgan fingerprint density at radius 1 is 0.846 bits per heavy atom. The Balaban J connectivity index is 2.03. The van der Waals surface area contributed by atoms with Gasteiger partial charge in [0.2, 0.25) is 0 Å². The molecule has 3 aromatic rings. The van der Waals surface area contributed by atoms with E-state index in [1.165, 1.54) is 0 Å². The lowest BCUT2D eigenvalue weighted by atomic mass is 9.84. The molecule has 0 bridgehead atoms. The van der Waals surface area contributed by atoms with Crippen molar-refractivity contribution >= 4 is 0 Å². The van der Waals surface area contributed by atoms with Crippen molar-refractivity contribution in [1.29, 1.82) is 0 Å². The van der Waals surface area contributed by atoms with Gasteiger partial charge < -0.3 is 14.9 Å². The largest absolute Gasteiger partial charge is 0.497 e. The van der Waals surface area contributed by atoms with Crippen LogP contribution in [0.3, 0.4) is 0 Å². The summed E-state index contributed by atoms with van der Waals surface area (Å²) >= 11 is 0. The maximum Gasteiger partial charge on any atom is 0.181 e. The maximum absolute atomic E-state index is 11.3. The molecule has 0 saturated heterocycles. The summed E-state index contributed by atoms with van der Waals surface area (Å²) in [6.07, 6.45) is -1.18. The molecule has 0 amide bonds. The van der Waals surface area contributed by atoms with Crippen LogP contribution < -0.4 is 4.74 Å². The van der Waals surface area contributed by atoms with Gasteiger partial charge in [0.1, 0.15) is 11.9 Å². The molecular weight excluding hydrogens is 324 g/mol. The summed E-state index contributed by atoms with van der Waals surface area (Å²) in [5.74, 6) is 6.58. The molecule has 0 aliphatic rings. The number of aliphatic hydroxyl groups excluding tert-OH is 1. The molecule has 2 N–H and O–H groups in total. The molecule has 0 saturated carbocycles. The standard InChI is InChI=1S/C23H20O3/c1-26-21-14-12-18(13-15-21)16-17-23(25,20-10-6-3-7-11-20)22(24)19-8-4-2-5-9-19/h2-15,22,24-25H,1H3. The maximum atomic E-state index is 11.3. The van der Waals surface area contributed by atoms with E-state index in [-0.39, 0.29) is 0 Å². The van der Waals surface area contributed by atoms with Gasteiger partial charge in [0.15, 0.2) is 5.60 Å². The van der Waals surface area contributed by atoms with Crippen molar-refractivity contribution < 1.29 is 14.9 Å². The molecule has 0 radical (unpaired) electrons. The van der Waals surface area contributed by atoms with E-state index in [9.17, 15) is 10.2 Å². The van der Waals surface area contributed by atoms with E-state index in [1.54, 1.807) is 43.5 Å². The van der Waals surface area contributed by atoms with Gasteiger partial charge in [0.05, 0.1) is 7.11 Å². The SMILES string of the molecule is COc1ccc(C#CC(O)(c2ccccc2)C(O)c2ccccc2)cc1. The second-order valence-corrected chi connectivity index (χ2v) is 5.92. The van der Waals surface area contributed by atoms with E-state index in [0.29, 0.717) is 11.1 Å². The lowest BCUT2D eigenvalue weighted by Gasteiger charge is -2.29. The third-order valence-electron chi connectivity index (χ3n) is 4.21. The lowest BCUT2D eigenvalue weighted by molar-refractivity contribution is -0.0383. The van der Waals surface area contributed by atoms with Crippen molar-refractivity contribution in [3.63, 3.8) is 0 Å². The predicted octanol–water partition coefficient (Wildman–Crippen LogP) is 3.67. The summed E-state index contributed by atoms with van der Waals surface area (Å²) in [4.78, 5) is 0. The summed E-state index contributed by atoms with van der Waals surface area (Å²) in [6.45, 7) is 0. The van der Waals surface area contributed by atoms with Gasteiger partial charge in [-0.05, 0) is 35.4 Å². The summed E-state index contributed by atoms with van der Waals surface area (Å²) in [7, 11) is 1.60. The van der Waals surface area contributed by atoms with E-state index in [2.05, 4.69) is 11.8 Å². The second-order valence-electron chi connectivity index (χ2n) is 5.92. The van der Waals surface area contributed by atoms with E-state index in [4.69, 9.17) is 4.74 Å². The first-order valence-corrected chi connectivity index (χ1v) is 8.31. The average molecular weight is 344 g/mol. The average Bonchev–Trinajstić information content (AvgIpc) is 2.73. The van der Waals surface area contributed by atoms with Crippen LogP contribution in [0.5, 0.6) is 5.75 Å². The Kier molecular flexibility index (Phi) is 5.38. The zero-order valence-electron chi connectivity index (χ0n) is 14.5. The van der Waals surface area contributed by atoms with Crippen LogP contribution in [0.25, 0.3) is 0 Å². The van der Waals surface area contributed by atoms with Gasteiger partial charge in [-0.15, -0.1) is 0 Å². The van der Waals surface area contributed by atoms with Crippen LogP contribution in [-0.4, -0.2) is 17.3 Å². The monoisotopic (exact) mass is 344 g/mol. The summed E-state index contributed by atoms with van der Waals surface area (Å²) in [5.41, 5.74) is 0.128. The first-order valence-electron chi connectivity index (χ1n) is 8.31. The van der Waals surface area contributed by atoms with Crippen LogP contribution in [0.15, 0.2) is 84.9 Å². The number of aliphatic hydroxyl groups is 2. The molecule has 3 rings (SSSR count). The minimum absolute atomic E-state index is 0.539. The highest BCUT2D eigenvalue weighted by atomic mass is 16.5. The molecule has 0 aliphatic heterocycles. The third kappa shape index (κ3) is 3.78.